The molecule has 0 atom stereocenters. The first kappa shape index (κ1) is 18.7. The molecule has 0 saturated carbocycles. The molecule has 0 radical (unpaired) electrons. The Labute approximate surface area is 152 Å². The lowest BCUT2D eigenvalue weighted by atomic mass is 10.0. The Morgan fingerprint density at radius 1 is 1.23 bits per heavy atom. The van der Waals surface area contributed by atoms with Gasteiger partial charge < -0.3 is 19.5 Å². The van der Waals surface area contributed by atoms with Gasteiger partial charge in [-0.3, -0.25) is 0 Å². The topological polar surface area (TPSA) is 55.2 Å². The summed E-state index contributed by atoms with van der Waals surface area (Å²) in [6, 6.07) is 4.52. The second-order valence-corrected chi connectivity index (χ2v) is 6.50. The van der Waals surface area contributed by atoms with Crippen molar-refractivity contribution >= 4 is 5.69 Å². The Hall–Kier alpha value is -2.06. The highest BCUT2D eigenvalue weighted by atomic mass is 19.2. The number of nitrogens with one attached hydrogen (secondary N) is 1. The summed E-state index contributed by atoms with van der Waals surface area (Å²) in [7, 11) is 1.68. The predicted molar refractivity (Wildman–Crippen MR) is 95.2 cm³/mol. The Bertz CT molecular complexity index is 701. The number of aromatic nitrogens is 3. The van der Waals surface area contributed by atoms with E-state index in [0.717, 1.165) is 57.0 Å². The molecular formula is C18H25F2N5O. The molecule has 0 spiro atoms. The van der Waals surface area contributed by atoms with Crippen LogP contribution in [0, 0.1) is 11.6 Å². The van der Waals surface area contributed by atoms with Crippen LogP contribution in [0.15, 0.2) is 24.5 Å². The number of hydrogen-bond acceptors (Lipinski definition) is 5. The lowest BCUT2D eigenvalue weighted by Crippen LogP contribution is -2.43. The molecule has 6 nitrogen and oxygen atoms in total. The SMILES string of the molecule is COCCn1cnnc1CCNC1CCN(c2ccc(F)c(F)c2)CC1. The van der Waals surface area contributed by atoms with Crippen LogP contribution >= 0.6 is 0 Å². The minimum atomic E-state index is -0.802. The van der Waals surface area contributed by atoms with E-state index < -0.39 is 11.6 Å². The molecule has 0 unspecified atom stereocenters. The maximum atomic E-state index is 13.4. The van der Waals surface area contributed by atoms with E-state index in [1.807, 2.05) is 4.57 Å². The number of rotatable bonds is 8. The maximum Gasteiger partial charge on any atom is 0.160 e. The first-order valence-electron chi connectivity index (χ1n) is 8.96. The Morgan fingerprint density at radius 2 is 2.04 bits per heavy atom. The zero-order valence-electron chi connectivity index (χ0n) is 15.0. The zero-order chi connectivity index (χ0) is 18.4. The molecule has 26 heavy (non-hydrogen) atoms. The number of hydrogen-bond donors (Lipinski definition) is 1. The summed E-state index contributed by atoms with van der Waals surface area (Å²) in [5.74, 6) is -0.641. The molecule has 1 aromatic carbocycles. The molecule has 1 aromatic heterocycles. The van der Waals surface area contributed by atoms with Crippen molar-refractivity contribution in [1.29, 1.82) is 0 Å². The molecule has 0 amide bonds. The number of methoxy groups -OCH3 is 1. The van der Waals surface area contributed by atoms with Crippen molar-refractivity contribution in [2.45, 2.75) is 31.8 Å². The van der Waals surface area contributed by atoms with Gasteiger partial charge in [-0.1, -0.05) is 0 Å². The third kappa shape index (κ3) is 4.76. The molecule has 0 aliphatic carbocycles. The molecular weight excluding hydrogens is 340 g/mol. The van der Waals surface area contributed by atoms with Crippen molar-refractivity contribution in [3.63, 3.8) is 0 Å². The van der Waals surface area contributed by atoms with Crippen LogP contribution in [0.5, 0.6) is 0 Å². The van der Waals surface area contributed by atoms with Gasteiger partial charge in [-0.15, -0.1) is 10.2 Å². The van der Waals surface area contributed by atoms with E-state index >= 15 is 0 Å². The Morgan fingerprint density at radius 3 is 2.77 bits per heavy atom. The number of piperidine rings is 1. The number of anilines is 1. The molecule has 8 heteroatoms. The summed E-state index contributed by atoms with van der Waals surface area (Å²) in [6.07, 6.45) is 4.48. The number of nitrogens with zero attached hydrogens (tertiary/aromatic N) is 4. The Balaban J connectivity index is 1.42. The van der Waals surface area contributed by atoms with Crippen molar-refractivity contribution in [3.05, 3.63) is 42.0 Å². The van der Waals surface area contributed by atoms with Crippen LogP contribution in [0.4, 0.5) is 14.5 Å². The van der Waals surface area contributed by atoms with E-state index in [-0.39, 0.29) is 0 Å². The van der Waals surface area contributed by atoms with Gasteiger partial charge in [0, 0.05) is 57.5 Å². The lowest BCUT2D eigenvalue weighted by molar-refractivity contribution is 0.186. The van der Waals surface area contributed by atoms with E-state index in [2.05, 4.69) is 20.4 Å². The fourth-order valence-corrected chi connectivity index (χ4v) is 3.26. The average molecular weight is 365 g/mol. The van der Waals surface area contributed by atoms with Crippen LogP contribution in [0.3, 0.4) is 0 Å². The predicted octanol–water partition coefficient (Wildman–Crippen LogP) is 2.00. The van der Waals surface area contributed by atoms with Gasteiger partial charge in [-0.25, -0.2) is 8.78 Å². The van der Waals surface area contributed by atoms with Crippen molar-refractivity contribution in [1.82, 2.24) is 20.1 Å². The van der Waals surface area contributed by atoms with Crippen LogP contribution in [0.25, 0.3) is 0 Å². The van der Waals surface area contributed by atoms with Gasteiger partial charge in [0.1, 0.15) is 12.2 Å². The first-order chi connectivity index (χ1) is 12.7. The summed E-state index contributed by atoms with van der Waals surface area (Å²) in [4.78, 5) is 2.10. The van der Waals surface area contributed by atoms with Crippen LogP contribution < -0.4 is 10.2 Å². The van der Waals surface area contributed by atoms with E-state index in [4.69, 9.17) is 4.74 Å². The summed E-state index contributed by atoms with van der Waals surface area (Å²) in [5.41, 5.74) is 0.744. The largest absolute Gasteiger partial charge is 0.383 e. The fourth-order valence-electron chi connectivity index (χ4n) is 3.26. The Kier molecular flexibility index (Phi) is 6.51. The minimum absolute atomic E-state index is 0.423. The van der Waals surface area contributed by atoms with Gasteiger partial charge >= 0.3 is 0 Å². The van der Waals surface area contributed by atoms with Crippen LogP contribution in [-0.2, 0) is 17.7 Å². The average Bonchev–Trinajstić information content (AvgIpc) is 3.10. The lowest BCUT2D eigenvalue weighted by Gasteiger charge is -2.34. The summed E-state index contributed by atoms with van der Waals surface area (Å²) in [5, 5.41) is 11.7. The van der Waals surface area contributed by atoms with Crippen LogP contribution in [0.2, 0.25) is 0 Å². The van der Waals surface area contributed by atoms with Crippen molar-refractivity contribution in [2.75, 3.05) is 38.3 Å². The highest BCUT2D eigenvalue weighted by molar-refractivity contribution is 5.47. The summed E-state index contributed by atoms with van der Waals surface area (Å²) < 4.78 is 33.5. The molecule has 1 aliphatic heterocycles. The fraction of sp³-hybridized carbons (Fsp3) is 0.556. The molecule has 2 aromatic rings. The molecule has 1 fully saturated rings. The smallest absolute Gasteiger partial charge is 0.160 e. The third-order valence-corrected chi connectivity index (χ3v) is 4.78. The normalized spacial score (nSPS) is 15.6. The third-order valence-electron chi connectivity index (χ3n) is 4.78. The second-order valence-electron chi connectivity index (χ2n) is 6.50. The maximum absolute atomic E-state index is 13.4. The highest BCUT2D eigenvalue weighted by Gasteiger charge is 2.20. The monoisotopic (exact) mass is 365 g/mol. The van der Waals surface area contributed by atoms with E-state index in [0.29, 0.717) is 12.6 Å². The van der Waals surface area contributed by atoms with Crippen LogP contribution in [0.1, 0.15) is 18.7 Å². The van der Waals surface area contributed by atoms with Crippen molar-refractivity contribution < 1.29 is 13.5 Å². The van der Waals surface area contributed by atoms with Gasteiger partial charge in [-0.2, -0.15) is 0 Å². The number of ether oxygens (including phenoxy) is 1. The van der Waals surface area contributed by atoms with Crippen molar-refractivity contribution in [2.24, 2.45) is 0 Å². The van der Waals surface area contributed by atoms with E-state index in [9.17, 15) is 8.78 Å². The molecule has 1 saturated heterocycles. The molecule has 1 N–H and O–H groups in total. The first-order valence-corrected chi connectivity index (χ1v) is 8.96. The molecule has 1 aliphatic rings. The molecule has 2 heterocycles. The molecule has 3 rings (SSSR count). The summed E-state index contributed by atoms with van der Waals surface area (Å²) in [6.45, 7) is 3.88. The van der Waals surface area contributed by atoms with Gasteiger partial charge in [0.25, 0.3) is 0 Å². The van der Waals surface area contributed by atoms with Gasteiger partial charge in [0.15, 0.2) is 11.6 Å². The highest BCUT2D eigenvalue weighted by Crippen LogP contribution is 2.22. The van der Waals surface area contributed by atoms with Gasteiger partial charge in [0.05, 0.1) is 6.61 Å². The standard InChI is InChI=1S/C18H25F2N5O/c1-26-11-10-25-13-22-23-18(25)4-7-21-14-5-8-24(9-6-14)15-2-3-16(19)17(20)12-15/h2-3,12-14,21H,4-11H2,1H3. The minimum Gasteiger partial charge on any atom is -0.383 e. The number of halogens is 2. The molecule has 0 bridgehead atoms. The van der Waals surface area contributed by atoms with Crippen LogP contribution in [-0.4, -0.2) is 54.2 Å². The second kappa shape index (κ2) is 9.05. The summed E-state index contributed by atoms with van der Waals surface area (Å²) >= 11 is 0. The van der Waals surface area contributed by atoms with E-state index in [1.54, 1.807) is 19.5 Å². The van der Waals surface area contributed by atoms with Gasteiger partial charge in [-0.05, 0) is 25.0 Å². The van der Waals surface area contributed by atoms with Crippen molar-refractivity contribution in [3.8, 4) is 0 Å². The molecule has 142 valence electrons. The number of benzene rings is 1. The van der Waals surface area contributed by atoms with E-state index in [1.165, 1.54) is 12.1 Å². The quantitative estimate of drug-likeness (QED) is 0.776. The zero-order valence-corrected chi connectivity index (χ0v) is 15.0. The van der Waals surface area contributed by atoms with Gasteiger partial charge in [0.2, 0.25) is 0 Å².